The zero-order valence-corrected chi connectivity index (χ0v) is 21.1. The third kappa shape index (κ3) is 6.24. The molecule has 0 spiro atoms. The van der Waals surface area contributed by atoms with Gasteiger partial charge >= 0.3 is 0 Å². The largest absolute Gasteiger partial charge is 0.375 e. The van der Waals surface area contributed by atoms with E-state index in [2.05, 4.69) is 21.9 Å². The van der Waals surface area contributed by atoms with Crippen LogP contribution >= 0.6 is 11.6 Å². The molecule has 9 heteroatoms. The molecule has 1 saturated heterocycles. The van der Waals surface area contributed by atoms with Crippen molar-refractivity contribution in [3.63, 3.8) is 0 Å². The molecule has 1 aliphatic rings. The van der Waals surface area contributed by atoms with Gasteiger partial charge in [0.2, 0.25) is 0 Å². The number of anilines is 1. The van der Waals surface area contributed by atoms with Crippen LogP contribution in [0.1, 0.15) is 39.2 Å². The van der Waals surface area contributed by atoms with Crippen molar-refractivity contribution in [2.24, 2.45) is 4.99 Å². The summed E-state index contributed by atoms with van der Waals surface area (Å²) in [4.78, 5) is 21.6. The lowest BCUT2D eigenvalue weighted by Gasteiger charge is -2.40. The first kappa shape index (κ1) is 25.9. The SMILES string of the molecule is CCCC=N/C(=C(/Cn1ncc(N2CC(OCC)C2)cc1=O)N(C)CC)c1ccc(Cl)cc1F. The summed E-state index contributed by atoms with van der Waals surface area (Å²) >= 11 is 5.98. The lowest BCUT2D eigenvalue weighted by molar-refractivity contribution is 0.0430. The van der Waals surface area contributed by atoms with Crippen LogP contribution in [0, 0.1) is 5.82 Å². The number of rotatable bonds is 11. The third-order valence-corrected chi connectivity index (χ3v) is 6.04. The summed E-state index contributed by atoms with van der Waals surface area (Å²) < 4.78 is 21.9. The Kier molecular flexibility index (Phi) is 9.24. The molecule has 0 radical (unpaired) electrons. The van der Waals surface area contributed by atoms with Crippen LogP contribution in [-0.2, 0) is 11.3 Å². The maximum Gasteiger partial charge on any atom is 0.269 e. The van der Waals surface area contributed by atoms with Gasteiger partial charge in [-0.3, -0.25) is 9.79 Å². The number of allylic oxidation sites excluding steroid dienone is 1. The topological polar surface area (TPSA) is 63.0 Å². The normalized spacial score (nSPS) is 14.9. The van der Waals surface area contributed by atoms with Crippen LogP contribution in [0.3, 0.4) is 0 Å². The average molecular weight is 490 g/mol. The van der Waals surface area contributed by atoms with E-state index < -0.39 is 5.82 Å². The van der Waals surface area contributed by atoms with Gasteiger partial charge in [0.1, 0.15) is 5.82 Å². The van der Waals surface area contributed by atoms with Gasteiger partial charge in [-0.05, 0) is 38.5 Å². The van der Waals surface area contributed by atoms with Crippen LogP contribution in [0.25, 0.3) is 5.70 Å². The summed E-state index contributed by atoms with van der Waals surface area (Å²) in [5.74, 6) is -0.463. The molecular formula is C25H33ClFN5O2. The van der Waals surface area contributed by atoms with Crippen molar-refractivity contribution >= 4 is 29.2 Å². The van der Waals surface area contributed by atoms with Gasteiger partial charge in [0.25, 0.3) is 5.56 Å². The van der Waals surface area contributed by atoms with Gasteiger partial charge in [-0.2, -0.15) is 5.10 Å². The first-order valence-corrected chi connectivity index (χ1v) is 12.1. The van der Waals surface area contributed by atoms with Crippen molar-refractivity contribution in [1.29, 1.82) is 0 Å². The maximum atomic E-state index is 14.9. The second kappa shape index (κ2) is 12.1. The second-order valence-electron chi connectivity index (χ2n) is 8.23. The van der Waals surface area contributed by atoms with E-state index in [4.69, 9.17) is 16.3 Å². The highest BCUT2D eigenvalue weighted by Crippen LogP contribution is 2.28. The molecule has 184 valence electrons. The van der Waals surface area contributed by atoms with E-state index in [1.165, 1.54) is 10.7 Å². The molecule has 1 aromatic carbocycles. The third-order valence-electron chi connectivity index (χ3n) is 5.80. The molecule has 0 saturated carbocycles. The van der Waals surface area contributed by atoms with Crippen molar-refractivity contribution in [1.82, 2.24) is 14.7 Å². The van der Waals surface area contributed by atoms with E-state index in [0.717, 1.165) is 31.6 Å². The number of hydrogen-bond donors (Lipinski definition) is 0. The van der Waals surface area contributed by atoms with Crippen molar-refractivity contribution in [2.75, 3.05) is 38.2 Å². The summed E-state index contributed by atoms with van der Waals surface area (Å²) in [6.07, 6.45) is 5.34. The molecule has 0 unspecified atom stereocenters. The molecule has 1 aromatic heterocycles. The van der Waals surface area contributed by atoms with Crippen LogP contribution in [0.15, 0.2) is 45.9 Å². The van der Waals surface area contributed by atoms with E-state index in [0.29, 0.717) is 35.1 Å². The van der Waals surface area contributed by atoms with Crippen molar-refractivity contribution in [3.8, 4) is 0 Å². The summed E-state index contributed by atoms with van der Waals surface area (Å²) in [5.41, 5.74) is 2.04. The molecule has 3 rings (SSSR count). The second-order valence-corrected chi connectivity index (χ2v) is 8.66. The zero-order chi connectivity index (χ0) is 24.7. The van der Waals surface area contributed by atoms with Gasteiger partial charge in [0.05, 0.1) is 35.9 Å². The summed E-state index contributed by atoms with van der Waals surface area (Å²) in [6.45, 7) is 8.99. The fourth-order valence-corrected chi connectivity index (χ4v) is 3.84. The molecule has 1 fully saturated rings. The fraction of sp³-hybridized carbons (Fsp3) is 0.480. The lowest BCUT2D eigenvalue weighted by Crippen LogP contribution is -2.52. The summed E-state index contributed by atoms with van der Waals surface area (Å²) in [5, 5.41) is 4.73. The van der Waals surface area contributed by atoms with Crippen LogP contribution in [0.4, 0.5) is 10.1 Å². The Bertz CT molecular complexity index is 1090. The first-order valence-electron chi connectivity index (χ1n) is 11.7. The zero-order valence-electron chi connectivity index (χ0n) is 20.3. The smallest absolute Gasteiger partial charge is 0.269 e. The van der Waals surface area contributed by atoms with Crippen LogP contribution in [-0.4, -0.2) is 60.3 Å². The number of aliphatic imine (C=N–C) groups is 1. The van der Waals surface area contributed by atoms with Crippen molar-refractivity contribution in [2.45, 2.75) is 46.3 Å². The van der Waals surface area contributed by atoms with Gasteiger partial charge in [-0.25, -0.2) is 9.07 Å². The number of nitrogens with zero attached hydrogens (tertiary/aromatic N) is 5. The Morgan fingerprint density at radius 1 is 1.32 bits per heavy atom. The molecule has 34 heavy (non-hydrogen) atoms. The first-order chi connectivity index (χ1) is 16.4. The van der Waals surface area contributed by atoms with Gasteiger partial charge in [0, 0.05) is 56.2 Å². The Labute approximate surface area is 205 Å². The number of benzene rings is 1. The molecule has 0 amide bonds. The quantitative estimate of drug-likeness (QED) is 0.436. The van der Waals surface area contributed by atoms with Gasteiger partial charge < -0.3 is 14.5 Å². The molecule has 0 bridgehead atoms. The van der Waals surface area contributed by atoms with Crippen molar-refractivity contribution in [3.05, 3.63) is 62.9 Å². The minimum Gasteiger partial charge on any atom is -0.375 e. The number of likely N-dealkylation sites (N-methyl/N-ethyl adjacent to an activating group) is 1. The molecule has 7 nitrogen and oxygen atoms in total. The molecule has 2 aromatic rings. The molecule has 0 aliphatic carbocycles. The predicted octanol–water partition coefficient (Wildman–Crippen LogP) is 4.45. The molecule has 1 aliphatic heterocycles. The minimum absolute atomic E-state index is 0.159. The Hall–Kier alpha value is -2.71. The minimum atomic E-state index is -0.463. The van der Waals surface area contributed by atoms with E-state index in [1.54, 1.807) is 30.6 Å². The Balaban J connectivity index is 1.98. The number of unbranched alkanes of at least 4 members (excludes halogenated alkanes) is 1. The molecular weight excluding hydrogens is 457 g/mol. The monoisotopic (exact) mass is 489 g/mol. The molecule has 0 N–H and O–H groups in total. The van der Waals surface area contributed by atoms with Crippen molar-refractivity contribution < 1.29 is 9.13 Å². The molecule has 2 heterocycles. The van der Waals surface area contributed by atoms with Gasteiger partial charge in [-0.1, -0.05) is 24.9 Å². The Morgan fingerprint density at radius 2 is 2.09 bits per heavy atom. The number of hydrogen-bond acceptors (Lipinski definition) is 6. The fourth-order valence-electron chi connectivity index (χ4n) is 3.68. The van der Waals surface area contributed by atoms with E-state index in [1.807, 2.05) is 25.8 Å². The molecule has 0 atom stereocenters. The standard InChI is InChI=1S/C25H33ClFN5O2/c1-5-8-11-28-25(21-10-9-18(26)12-22(21)27)23(30(4)6-2)17-32-24(33)13-19(14-29-32)31-15-20(16-31)34-7-3/h9-14,20H,5-8,15-17H2,1-4H3/b25-23-,28-11?. The highest BCUT2D eigenvalue weighted by atomic mass is 35.5. The number of halogens is 2. The van der Waals surface area contributed by atoms with Crippen LogP contribution < -0.4 is 10.5 Å². The maximum absolute atomic E-state index is 14.9. The van der Waals surface area contributed by atoms with E-state index in [9.17, 15) is 9.18 Å². The van der Waals surface area contributed by atoms with E-state index >= 15 is 0 Å². The predicted molar refractivity (Wildman–Crippen MR) is 136 cm³/mol. The highest BCUT2D eigenvalue weighted by molar-refractivity contribution is 6.30. The number of ether oxygens (including phenoxy) is 1. The summed E-state index contributed by atoms with van der Waals surface area (Å²) in [6, 6.07) is 6.12. The average Bonchev–Trinajstić information content (AvgIpc) is 2.78. The Morgan fingerprint density at radius 3 is 2.71 bits per heavy atom. The number of aromatic nitrogens is 2. The van der Waals surface area contributed by atoms with Gasteiger partial charge in [0.15, 0.2) is 0 Å². The summed E-state index contributed by atoms with van der Waals surface area (Å²) in [7, 11) is 1.89. The highest BCUT2D eigenvalue weighted by Gasteiger charge is 2.28. The van der Waals surface area contributed by atoms with E-state index in [-0.39, 0.29) is 18.2 Å². The van der Waals surface area contributed by atoms with Gasteiger partial charge in [-0.15, -0.1) is 0 Å². The lowest BCUT2D eigenvalue weighted by atomic mass is 10.1. The van der Waals surface area contributed by atoms with Crippen LogP contribution in [0.5, 0.6) is 0 Å². The van der Waals surface area contributed by atoms with Crippen LogP contribution in [0.2, 0.25) is 5.02 Å².